The van der Waals surface area contributed by atoms with Crippen molar-refractivity contribution in [2.24, 2.45) is 0 Å². The van der Waals surface area contributed by atoms with Crippen LogP contribution in [-0.2, 0) is 19.1 Å². The highest BCUT2D eigenvalue weighted by Crippen LogP contribution is 2.30. The van der Waals surface area contributed by atoms with Gasteiger partial charge in [-0.3, -0.25) is 14.5 Å². The summed E-state index contributed by atoms with van der Waals surface area (Å²) in [5, 5.41) is 9.22. The zero-order chi connectivity index (χ0) is 11.8. The summed E-state index contributed by atoms with van der Waals surface area (Å²) >= 11 is 1.21. The Hall–Kier alpha value is -1.08. The Balaban J connectivity index is 2.35. The summed E-state index contributed by atoms with van der Waals surface area (Å²) in [7, 11) is 0. The highest BCUT2D eigenvalue weighted by molar-refractivity contribution is 8.00. The highest BCUT2D eigenvalue weighted by Gasteiger charge is 2.53. The van der Waals surface area contributed by atoms with E-state index in [2.05, 4.69) is 0 Å². The lowest BCUT2D eigenvalue weighted by atomic mass is 9.96. The third-order valence-corrected chi connectivity index (χ3v) is 3.68. The van der Waals surface area contributed by atoms with Crippen LogP contribution in [0.5, 0.6) is 0 Å². The molecule has 2 rings (SSSR count). The van der Waals surface area contributed by atoms with Crippen molar-refractivity contribution < 1.29 is 24.2 Å². The van der Waals surface area contributed by atoms with E-state index in [1.54, 1.807) is 0 Å². The van der Waals surface area contributed by atoms with Gasteiger partial charge in [0.1, 0.15) is 0 Å². The summed E-state index contributed by atoms with van der Waals surface area (Å²) in [4.78, 5) is 35.5. The number of carbonyl (C=O) groups is 3. The molecular weight excluding hydrogens is 234 g/mol. The smallest absolute Gasteiger partial charge is 0.332 e. The molecule has 1 unspecified atom stereocenters. The molecule has 2 fully saturated rings. The third kappa shape index (κ3) is 1.60. The highest BCUT2D eigenvalue weighted by atomic mass is 32.2. The first-order valence-electron chi connectivity index (χ1n) is 4.83. The van der Waals surface area contributed by atoms with Crippen molar-refractivity contribution >= 4 is 29.5 Å². The van der Waals surface area contributed by atoms with Gasteiger partial charge in [0.25, 0.3) is 0 Å². The molecule has 2 heterocycles. The van der Waals surface area contributed by atoms with Crippen molar-refractivity contribution in [3.05, 3.63) is 0 Å². The molecule has 2 aliphatic rings. The number of nitrogens with zero attached hydrogens (tertiary/aromatic N) is 1. The van der Waals surface area contributed by atoms with Crippen LogP contribution in [0, 0.1) is 0 Å². The second-order valence-electron chi connectivity index (χ2n) is 3.76. The SMILES string of the molecule is O=C1CSCC(=O)N1C1(C(=O)O)CCOC1. The van der Waals surface area contributed by atoms with Crippen LogP contribution < -0.4 is 0 Å². The number of hydrogen-bond acceptors (Lipinski definition) is 5. The molecule has 1 N–H and O–H groups in total. The summed E-state index contributed by atoms with van der Waals surface area (Å²) < 4.78 is 5.04. The molecule has 88 valence electrons. The summed E-state index contributed by atoms with van der Waals surface area (Å²) in [6.07, 6.45) is 0.171. The zero-order valence-electron chi connectivity index (χ0n) is 8.47. The van der Waals surface area contributed by atoms with Gasteiger partial charge in [0.2, 0.25) is 11.8 Å². The maximum absolute atomic E-state index is 11.7. The van der Waals surface area contributed by atoms with Gasteiger partial charge in [0.15, 0.2) is 5.54 Å². The number of hydrogen-bond donors (Lipinski definition) is 1. The first-order valence-corrected chi connectivity index (χ1v) is 5.98. The zero-order valence-corrected chi connectivity index (χ0v) is 9.29. The number of carboxylic acid groups (broad SMARTS) is 1. The minimum Gasteiger partial charge on any atom is -0.479 e. The minimum absolute atomic E-state index is 0.107. The van der Waals surface area contributed by atoms with Crippen molar-refractivity contribution in [1.82, 2.24) is 4.90 Å². The molecule has 0 radical (unpaired) electrons. The van der Waals surface area contributed by atoms with E-state index in [0.29, 0.717) is 0 Å². The van der Waals surface area contributed by atoms with Crippen LogP contribution in [0.4, 0.5) is 0 Å². The number of imide groups is 1. The maximum Gasteiger partial charge on any atom is 0.332 e. The average Bonchev–Trinajstić information content (AvgIpc) is 2.67. The third-order valence-electron chi connectivity index (χ3n) is 2.78. The van der Waals surface area contributed by atoms with E-state index < -0.39 is 23.3 Å². The van der Waals surface area contributed by atoms with Crippen LogP contribution in [0.25, 0.3) is 0 Å². The van der Waals surface area contributed by atoms with E-state index in [-0.39, 0.29) is 31.1 Å². The van der Waals surface area contributed by atoms with Gasteiger partial charge < -0.3 is 9.84 Å². The fourth-order valence-corrected chi connectivity index (χ4v) is 2.68. The minimum atomic E-state index is -1.48. The first-order chi connectivity index (χ1) is 7.58. The van der Waals surface area contributed by atoms with E-state index in [4.69, 9.17) is 4.74 Å². The lowest BCUT2D eigenvalue weighted by molar-refractivity contribution is -0.165. The molecule has 0 spiro atoms. The van der Waals surface area contributed by atoms with Crippen molar-refractivity contribution in [2.75, 3.05) is 24.7 Å². The fourth-order valence-electron chi connectivity index (χ4n) is 1.97. The molecule has 1 atom stereocenters. The van der Waals surface area contributed by atoms with Gasteiger partial charge in [-0.15, -0.1) is 11.8 Å². The second-order valence-corrected chi connectivity index (χ2v) is 4.74. The van der Waals surface area contributed by atoms with Gasteiger partial charge in [-0.05, 0) is 0 Å². The molecule has 2 saturated heterocycles. The molecule has 0 aromatic rings. The Morgan fingerprint density at radius 1 is 1.38 bits per heavy atom. The number of carboxylic acids is 1. The summed E-state index contributed by atoms with van der Waals surface area (Å²) in [6, 6.07) is 0. The topological polar surface area (TPSA) is 83.9 Å². The van der Waals surface area contributed by atoms with Gasteiger partial charge >= 0.3 is 5.97 Å². The molecule has 6 nitrogen and oxygen atoms in total. The molecule has 2 amide bonds. The van der Waals surface area contributed by atoms with Gasteiger partial charge in [-0.1, -0.05) is 0 Å². The number of rotatable bonds is 2. The number of aliphatic carboxylic acids is 1. The quantitative estimate of drug-likeness (QED) is 0.650. The molecule has 0 aromatic carbocycles. The van der Waals surface area contributed by atoms with Crippen LogP contribution in [0.15, 0.2) is 0 Å². The largest absolute Gasteiger partial charge is 0.479 e. The number of carbonyl (C=O) groups excluding carboxylic acids is 2. The van der Waals surface area contributed by atoms with Crippen molar-refractivity contribution in [3.8, 4) is 0 Å². The molecule has 7 heteroatoms. The number of ether oxygens (including phenoxy) is 1. The Bertz CT molecular complexity index is 334. The van der Waals surface area contributed by atoms with Crippen molar-refractivity contribution in [3.63, 3.8) is 0 Å². The van der Waals surface area contributed by atoms with E-state index in [9.17, 15) is 19.5 Å². The predicted octanol–water partition coefficient (Wildman–Crippen LogP) is -0.668. The van der Waals surface area contributed by atoms with Crippen LogP contribution in [0.1, 0.15) is 6.42 Å². The van der Waals surface area contributed by atoms with Crippen LogP contribution in [0.3, 0.4) is 0 Å². The lowest BCUT2D eigenvalue weighted by Gasteiger charge is -2.36. The molecule has 2 aliphatic heterocycles. The molecular formula is C9H11NO5S. The Kier molecular flexibility index (Phi) is 2.90. The van der Waals surface area contributed by atoms with Gasteiger partial charge in [-0.2, -0.15) is 0 Å². The monoisotopic (exact) mass is 245 g/mol. The van der Waals surface area contributed by atoms with E-state index in [1.807, 2.05) is 0 Å². The summed E-state index contributed by atoms with van der Waals surface area (Å²) in [6.45, 7) is 0.154. The summed E-state index contributed by atoms with van der Waals surface area (Å²) in [5.74, 6) is -1.73. The molecule has 0 aliphatic carbocycles. The van der Waals surface area contributed by atoms with E-state index in [0.717, 1.165) is 4.90 Å². The Morgan fingerprint density at radius 2 is 2.00 bits per heavy atom. The normalized spacial score (nSPS) is 30.9. The number of amides is 2. The van der Waals surface area contributed by atoms with Gasteiger partial charge in [0.05, 0.1) is 18.1 Å². The van der Waals surface area contributed by atoms with E-state index in [1.165, 1.54) is 11.8 Å². The molecule has 0 bridgehead atoms. The Morgan fingerprint density at radius 3 is 2.44 bits per heavy atom. The first kappa shape index (κ1) is 11.4. The number of thioether (sulfide) groups is 1. The van der Waals surface area contributed by atoms with Crippen LogP contribution in [-0.4, -0.2) is 58.0 Å². The molecule has 0 saturated carbocycles. The molecule has 16 heavy (non-hydrogen) atoms. The van der Waals surface area contributed by atoms with Crippen LogP contribution >= 0.6 is 11.8 Å². The van der Waals surface area contributed by atoms with Crippen molar-refractivity contribution in [2.45, 2.75) is 12.0 Å². The Labute approximate surface area is 95.9 Å². The summed E-state index contributed by atoms with van der Waals surface area (Å²) in [5.41, 5.74) is -1.48. The molecule has 0 aromatic heterocycles. The van der Waals surface area contributed by atoms with Gasteiger partial charge in [0, 0.05) is 13.0 Å². The van der Waals surface area contributed by atoms with Gasteiger partial charge in [-0.25, -0.2) is 4.79 Å². The lowest BCUT2D eigenvalue weighted by Crippen LogP contribution is -2.62. The average molecular weight is 245 g/mol. The second kappa shape index (κ2) is 4.06. The standard InChI is InChI=1S/C9H11NO5S/c11-6-3-16-4-7(12)10(6)9(8(13)14)1-2-15-5-9/h1-5H2,(H,13,14). The van der Waals surface area contributed by atoms with E-state index >= 15 is 0 Å². The predicted molar refractivity (Wildman–Crippen MR) is 55.0 cm³/mol. The maximum atomic E-state index is 11.7. The van der Waals surface area contributed by atoms with Crippen LogP contribution in [0.2, 0.25) is 0 Å². The fraction of sp³-hybridized carbons (Fsp3) is 0.667. The van der Waals surface area contributed by atoms with Crippen molar-refractivity contribution in [1.29, 1.82) is 0 Å².